The van der Waals surface area contributed by atoms with E-state index in [9.17, 15) is 14.4 Å². The smallest absolute Gasteiger partial charge is 0.352 e. The van der Waals surface area contributed by atoms with Gasteiger partial charge in [0.2, 0.25) is 0 Å². The molecule has 0 bridgehead atoms. The Morgan fingerprint density at radius 1 is 1.00 bits per heavy atom. The first-order valence-electron chi connectivity index (χ1n) is 7.06. The maximum atomic E-state index is 11.9. The molecule has 2 aromatic carbocycles. The van der Waals surface area contributed by atoms with Crippen molar-refractivity contribution in [2.45, 2.75) is 0 Å². The quantitative estimate of drug-likeness (QED) is 0.582. The molecule has 0 aliphatic heterocycles. The van der Waals surface area contributed by atoms with E-state index in [0.29, 0.717) is 11.1 Å². The SMILES string of the molecule is C#CC(N)=O.O=C(O)C(=Cc1ccccc1)NC(=O)c1ccccc1. The normalized spacial score (nSPS) is 9.80. The summed E-state index contributed by atoms with van der Waals surface area (Å²) in [4.78, 5) is 32.5. The van der Waals surface area contributed by atoms with Crippen molar-refractivity contribution in [1.82, 2.24) is 5.32 Å². The summed E-state index contributed by atoms with van der Waals surface area (Å²) in [6, 6.07) is 17.4. The second-order valence-corrected chi connectivity index (χ2v) is 4.60. The Balaban J connectivity index is 0.000000550. The van der Waals surface area contributed by atoms with Gasteiger partial charge in [0.15, 0.2) is 0 Å². The number of hydrogen-bond acceptors (Lipinski definition) is 3. The fraction of sp³-hybridized carbons (Fsp3) is 0. The summed E-state index contributed by atoms with van der Waals surface area (Å²) in [7, 11) is 0. The van der Waals surface area contributed by atoms with Crippen molar-refractivity contribution in [3.05, 3.63) is 77.5 Å². The molecule has 0 saturated heterocycles. The van der Waals surface area contributed by atoms with Crippen LogP contribution in [0.2, 0.25) is 0 Å². The summed E-state index contributed by atoms with van der Waals surface area (Å²) in [6.45, 7) is 0. The van der Waals surface area contributed by atoms with Gasteiger partial charge in [-0.05, 0) is 29.7 Å². The molecule has 2 aromatic rings. The van der Waals surface area contributed by atoms with Crippen LogP contribution in [0.1, 0.15) is 15.9 Å². The molecule has 2 amide bonds. The van der Waals surface area contributed by atoms with Gasteiger partial charge in [-0.1, -0.05) is 48.5 Å². The Labute approximate surface area is 145 Å². The third kappa shape index (κ3) is 7.30. The number of nitrogens with two attached hydrogens (primary N) is 1. The van der Waals surface area contributed by atoms with E-state index in [2.05, 4.69) is 17.5 Å². The highest BCUT2D eigenvalue weighted by Gasteiger charge is 2.12. The van der Waals surface area contributed by atoms with Gasteiger partial charge in [-0.25, -0.2) is 4.79 Å². The molecule has 0 heterocycles. The van der Waals surface area contributed by atoms with Crippen LogP contribution in [-0.2, 0) is 9.59 Å². The molecule has 4 N–H and O–H groups in total. The number of aliphatic carboxylic acids is 1. The molecule has 0 unspecified atom stereocenters. The number of rotatable bonds is 4. The first kappa shape index (κ1) is 19.2. The van der Waals surface area contributed by atoms with Gasteiger partial charge in [-0.3, -0.25) is 9.59 Å². The maximum absolute atomic E-state index is 11.9. The molecule has 126 valence electrons. The molecule has 0 aliphatic carbocycles. The molecule has 2 rings (SSSR count). The van der Waals surface area contributed by atoms with Crippen molar-refractivity contribution in [2.24, 2.45) is 5.73 Å². The van der Waals surface area contributed by atoms with Crippen LogP contribution in [0.5, 0.6) is 0 Å². The van der Waals surface area contributed by atoms with Crippen LogP contribution < -0.4 is 11.1 Å². The number of carboxylic acid groups (broad SMARTS) is 1. The third-order valence-corrected chi connectivity index (χ3v) is 2.77. The Kier molecular flexibility index (Phi) is 7.70. The monoisotopic (exact) mass is 336 g/mol. The molecular formula is C19H16N2O4. The van der Waals surface area contributed by atoms with E-state index in [1.54, 1.807) is 60.5 Å². The molecule has 0 spiro atoms. The van der Waals surface area contributed by atoms with Crippen LogP contribution in [-0.4, -0.2) is 22.9 Å². The minimum absolute atomic E-state index is 0.162. The topological polar surface area (TPSA) is 109 Å². The number of nitrogens with one attached hydrogen (secondary N) is 1. The lowest BCUT2D eigenvalue weighted by molar-refractivity contribution is -0.132. The number of benzene rings is 2. The lowest BCUT2D eigenvalue weighted by Crippen LogP contribution is -2.27. The van der Waals surface area contributed by atoms with E-state index in [4.69, 9.17) is 5.11 Å². The van der Waals surface area contributed by atoms with E-state index < -0.39 is 17.8 Å². The van der Waals surface area contributed by atoms with Crippen molar-refractivity contribution in [2.75, 3.05) is 0 Å². The average Bonchev–Trinajstić information content (AvgIpc) is 2.63. The number of carbonyl (C=O) groups excluding carboxylic acids is 2. The molecule has 0 atom stereocenters. The van der Waals surface area contributed by atoms with Crippen LogP contribution in [0, 0.1) is 12.3 Å². The zero-order valence-corrected chi connectivity index (χ0v) is 13.2. The highest BCUT2D eigenvalue weighted by Crippen LogP contribution is 2.06. The summed E-state index contributed by atoms with van der Waals surface area (Å²) in [6.07, 6.45) is 5.87. The van der Waals surface area contributed by atoms with Crippen molar-refractivity contribution < 1.29 is 19.5 Å². The molecule has 0 radical (unpaired) electrons. The fourth-order valence-electron chi connectivity index (χ4n) is 1.65. The van der Waals surface area contributed by atoms with Crippen LogP contribution in [0.3, 0.4) is 0 Å². The van der Waals surface area contributed by atoms with Crippen molar-refractivity contribution in [3.63, 3.8) is 0 Å². The number of terminal acetylenes is 1. The summed E-state index contributed by atoms with van der Waals surface area (Å²) >= 11 is 0. The Hall–Kier alpha value is -3.85. The minimum atomic E-state index is -1.18. The summed E-state index contributed by atoms with van der Waals surface area (Å²) in [5.74, 6) is -0.682. The van der Waals surface area contributed by atoms with Gasteiger partial charge in [0.1, 0.15) is 5.70 Å². The second-order valence-electron chi connectivity index (χ2n) is 4.60. The lowest BCUT2D eigenvalue weighted by atomic mass is 10.1. The predicted octanol–water partition coefficient (Wildman–Crippen LogP) is 1.65. The van der Waals surface area contributed by atoms with E-state index in [-0.39, 0.29) is 5.70 Å². The van der Waals surface area contributed by atoms with Gasteiger partial charge in [-0.2, -0.15) is 0 Å². The molecule has 0 aromatic heterocycles. The van der Waals surface area contributed by atoms with E-state index in [1.165, 1.54) is 6.08 Å². The van der Waals surface area contributed by atoms with Gasteiger partial charge in [0, 0.05) is 5.56 Å². The number of carboxylic acids is 1. The van der Waals surface area contributed by atoms with Crippen molar-refractivity contribution in [1.29, 1.82) is 0 Å². The van der Waals surface area contributed by atoms with Gasteiger partial charge in [-0.15, -0.1) is 6.42 Å². The zero-order valence-electron chi connectivity index (χ0n) is 13.2. The van der Waals surface area contributed by atoms with Gasteiger partial charge < -0.3 is 16.2 Å². The highest BCUT2D eigenvalue weighted by molar-refractivity contribution is 6.02. The maximum Gasteiger partial charge on any atom is 0.352 e. The average molecular weight is 336 g/mol. The van der Waals surface area contributed by atoms with Gasteiger partial charge in [0.05, 0.1) is 0 Å². The standard InChI is InChI=1S/C16H13NO3.C3H3NO/c18-15(13-9-5-2-6-10-13)17-14(16(19)20)11-12-7-3-1-4-8-12;1-2-3(4)5/h1-11H,(H,17,18)(H,19,20);1H,(H2,4,5). The van der Waals surface area contributed by atoms with E-state index in [1.807, 2.05) is 6.07 Å². The zero-order chi connectivity index (χ0) is 18.7. The molecule has 0 aliphatic rings. The molecule has 25 heavy (non-hydrogen) atoms. The van der Waals surface area contributed by atoms with Gasteiger partial charge >= 0.3 is 5.97 Å². The second kappa shape index (κ2) is 10.0. The Morgan fingerprint density at radius 3 is 1.92 bits per heavy atom. The molecule has 0 saturated carbocycles. The number of hydrogen-bond donors (Lipinski definition) is 3. The number of primary amides is 1. The fourth-order valence-corrected chi connectivity index (χ4v) is 1.65. The van der Waals surface area contributed by atoms with Crippen LogP contribution in [0.25, 0.3) is 6.08 Å². The van der Waals surface area contributed by atoms with E-state index >= 15 is 0 Å². The molecule has 6 heteroatoms. The third-order valence-electron chi connectivity index (χ3n) is 2.77. The Bertz CT molecular complexity index is 806. The molecular weight excluding hydrogens is 320 g/mol. The largest absolute Gasteiger partial charge is 0.477 e. The van der Waals surface area contributed by atoms with Crippen LogP contribution in [0.4, 0.5) is 0 Å². The molecule has 6 nitrogen and oxygen atoms in total. The Morgan fingerprint density at radius 2 is 1.48 bits per heavy atom. The van der Waals surface area contributed by atoms with Crippen LogP contribution >= 0.6 is 0 Å². The molecule has 0 fully saturated rings. The predicted molar refractivity (Wildman–Crippen MR) is 94.0 cm³/mol. The number of amides is 2. The summed E-state index contributed by atoms with van der Waals surface area (Å²) in [5.41, 5.74) is 5.37. The first-order valence-corrected chi connectivity index (χ1v) is 7.06. The lowest BCUT2D eigenvalue weighted by Gasteiger charge is -2.06. The number of carbonyl (C=O) groups is 3. The van der Waals surface area contributed by atoms with E-state index in [0.717, 1.165) is 0 Å². The summed E-state index contributed by atoms with van der Waals surface area (Å²) in [5, 5.41) is 11.6. The summed E-state index contributed by atoms with van der Waals surface area (Å²) < 4.78 is 0. The minimum Gasteiger partial charge on any atom is -0.477 e. The first-order chi connectivity index (χ1) is 11.9. The van der Waals surface area contributed by atoms with Crippen molar-refractivity contribution in [3.8, 4) is 12.3 Å². The van der Waals surface area contributed by atoms with Crippen LogP contribution in [0.15, 0.2) is 66.4 Å². The highest BCUT2D eigenvalue weighted by atomic mass is 16.4. The van der Waals surface area contributed by atoms with Crippen molar-refractivity contribution >= 4 is 23.9 Å². The van der Waals surface area contributed by atoms with Gasteiger partial charge in [0.25, 0.3) is 11.8 Å².